The predicted octanol–water partition coefficient (Wildman–Crippen LogP) is 1.36. The number of aliphatic carboxylic acids is 1. The Hall–Kier alpha value is -1.10. The molecule has 0 aliphatic carbocycles. The number of amides is 1. The standard InChI is InChI=1S/C13H24N2O3/c1-2-13(12(17)18)8-6-10-15(13)11(16)7-4-3-5-9-14/h2-10,14H2,1H3,(H,17,18). The van der Waals surface area contributed by atoms with Crippen molar-refractivity contribution in [2.75, 3.05) is 13.1 Å². The summed E-state index contributed by atoms with van der Waals surface area (Å²) in [6.45, 7) is 3.07. The molecule has 5 nitrogen and oxygen atoms in total. The second-order valence-electron chi connectivity index (χ2n) is 4.94. The summed E-state index contributed by atoms with van der Waals surface area (Å²) in [5.74, 6) is -0.883. The van der Waals surface area contributed by atoms with Crippen molar-refractivity contribution in [2.24, 2.45) is 5.73 Å². The summed E-state index contributed by atoms with van der Waals surface area (Å²) in [7, 11) is 0. The minimum absolute atomic E-state index is 0.0197. The van der Waals surface area contributed by atoms with Crippen LogP contribution in [0.4, 0.5) is 0 Å². The smallest absolute Gasteiger partial charge is 0.329 e. The highest BCUT2D eigenvalue weighted by molar-refractivity contribution is 5.87. The number of likely N-dealkylation sites (tertiary alicyclic amines) is 1. The van der Waals surface area contributed by atoms with Gasteiger partial charge in [-0.2, -0.15) is 0 Å². The van der Waals surface area contributed by atoms with E-state index in [0.29, 0.717) is 32.4 Å². The summed E-state index contributed by atoms with van der Waals surface area (Å²) in [5, 5.41) is 9.38. The first-order chi connectivity index (χ1) is 8.58. The zero-order valence-corrected chi connectivity index (χ0v) is 11.2. The molecule has 0 aromatic carbocycles. The second-order valence-corrected chi connectivity index (χ2v) is 4.94. The number of carbonyl (C=O) groups is 2. The van der Waals surface area contributed by atoms with Crippen LogP contribution >= 0.6 is 0 Å². The molecule has 1 aliphatic rings. The average molecular weight is 256 g/mol. The van der Waals surface area contributed by atoms with E-state index >= 15 is 0 Å². The van der Waals surface area contributed by atoms with Gasteiger partial charge >= 0.3 is 5.97 Å². The maximum Gasteiger partial charge on any atom is 0.329 e. The van der Waals surface area contributed by atoms with Gasteiger partial charge in [-0.25, -0.2) is 4.79 Å². The SMILES string of the molecule is CCC1(C(=O)O)CCCN1C(=O)CCCCCN. The van der Waals surface area contributed by atoms with Gasteiger partial charge in [0.1, 0.15) is 5.54 Å². The Bertz CT molecular complexity index is 307. The van der Waals surface area contributed by atoms with E-state index in [-0.39, 0.29) is 5.91 Å². The highest BCUT2D eigenvalue weighted by Crippen LogP contribution is 2.33. The number of rotatable bonds is 7. The maximum atomic E-state index is 12.1. The number of carbonyl (C=O) groups excluding carboxylic acids is 1. The van der Waals surface area contributed by atoms with Gasteiger partial charge in [-0.15, -0.1) is 0 Å². The van der Waals surface area contributed by atoms with Crippen LogP contribution < -0.4 is 5.73 Å². The Balaban J connectivity index is 2.58. The molecule has 104 valence electrons. The summed E-state index contributed by atoms with van der Waals surface area (Å²) in [5.41, 5.74) is 4.45. The summed E-state index contributed by atoms with van der Waals surface area (Å²) in [6.07, 6.45) is 4.94. The van der Waals surface area contributed by atoms with Gasteiger partial charge in [-0.3, -0.25) is 4.79 Å². The largest absolute Gasteiger partial charge is 0.479 e. The van der Waals surface area contributed by atoms with Gasteiger partial charge in [-0.05, 0) is 38.6 Å². The molecule has 0 aromatic heterocycles. The molecule has 1 rings (SSSR count). The molecular weight excluding hydrogens is 232 g/mol. The monoisotopic (exact) mass is 256 g/mol. The third-order valence-corrected chi connectivity index (χ3v) is 3.87. The topological polar surface area (TPSA) is 83.6 Å². The Kier molecular flexibility index (Phi) is 5.59. The lowest BCUT2D eigenvalue weighted by atomic mass is 9.92. The van der Waals surface area contributed by atoms with Crippen LogP contribution in [0.1, 0.15) is 51.9 Å². The van der Waals surface area contributed by atoms with E-state index in [1.54, 1.807) is 4.90 Å². The predicted molar refractivity (Wildman–Crippen MR) is 69.1 cm³/mol. The molecular formula is C13H24N2O3. The van der Waals surface area contributed by atoms with Crippen molar-refractivity contribution >= 4 is 11.9 Å². The highest BCUT2D eigenvalue weighted by Gasteiger charge is 2.48. The number of nitrogens with two attached hydrogens (primary N) is 1. The Morgan fingerprint density at radius 2 is 2.06 bits per heavy atom. The lowest BCUT2D eigenvalue weighted by molar-refractivity contribution is -0.156. The van der Waals surface area contributed by atoms with Crippen LogP contribution in [0.2, 0.25) is 0 Å². The molecule has 18 heavy (non-hydrogen) atoms. The first kappa shape index (κ1) is 15.0. The lowest BCUT2D eigenvalue weighted by Gasteiger charge is -2.34. The fourth-order valence-corrected chi connectivity index (χ4v) is 2.72. The van der Waals surface area contributed by atoms with Crippen LogP contribution in [0.25, 0.3) is 0 Å². The molecule has 3 N–H and O–H groups in total. The number of unbranched alkanes of at least 4 members (excludes halogenated alkanes) is 2. The summed E-state index contributed by atoms with van der Waals surface area (Å²) < 4.78 is 0. The minimum Gasteiger partial charge on any atom is -0.479 e. The molecule has 1 fully saturated rings. The molecule has 5 heteroatoms. The van der Waals surface area contributed by atoms with Crippen LogP contribution in [0, 0.1) is 0 Å². The number of hydrogen-bond donors (Lipinski definition) is 2. The Morgan fingerprint density at radius 1 is 1.33 bits per heavy atom. The minimum atomic E-state index is -0.953. The van der Waals surface area contributed by atoms with Crippen molar-refractivity contribution in [3.63, 3.8) is 0 Å². The molecule has 0 bridgehead atoms. The highest BCUT2D eigenvalue weighted by atomic mass is 16.4. The fourth-order valence-electron chi connectivity index (χ4n) is 2.72. The van der Waals surface area contributed by atoms with Gasteiger partial charge in [0.25, 0.3) is 0 Å². The zero-order valence-electron chi connectivity index (χ0n) is 11.2. The Morgan fingerprint density at radius 3 is 2.61 bits per heavy atom. The number of nitrogens with zero attached hydrogens (tertiary/aromatic N) is 1. The van der Waals surface area contributed by atoms with E-state index in [1.807, 2.05) is 6.92 Å². The normalized spacial score (nSPS) is 23.3. The summed E-state index contributed by atoms with van der Waals surface area (Å²) in [6, 6.07) is 0. The van der Waals surface area contributed by atoms with Crippen molar-refractivity contribution in [1.82, 2.24) is 4.90 Å². The molecule has 1 saturated heterocycles. The van der Waals surface area contributed by atoms with Gasteiger partial charge in [-0.1, -0.05) is 13.3 Å². The van der Waals surface area contributed by atoms with Gasteiger partial charge < -0.3 is 15.7 Å². The molecule has 1 heterocycles. The molecule has 0 spiro atoms. The first-order valence-corrected chi connectivity index (χ1v) is 6.82. The van der Waals surface area contributed by atoms with Crippen LogP contribution in [-0.4, -0.2) is 40.5 Å². The van der Waals surface area contributed by atoms with E-state index in [4.69, 9.17) is 5.73 Å². The number of carboxylic acid groups (broad SMARTS) is 1. The lowest BCUT2D eigenvalue weighted by Crippen LogP contribution is -2.52. The maximum absolute atomic E-state index is 12.1. The van der Waals surface area contributed by atoms with Crippen molar-refractivity contribution in [1.29, 1.82) is 0 Å². The Labute approximate surface area is 108 Å². The first-order valence-electron chi connectivity index (χ1n) is 6.82. The van der Waals surface area contributed by atoms with E-state index in [9.17, 15) is 14.7 Å². The third-order valence-electron chi connectivity index (χ3n) is 3.87. The van der Waals surface area contributed by atoms with E-state index in [0.717, 1.165) is 25.7 Å². The van der Waals surface area contributed by atoms with Gasteiger partial charge in [0, 0.05) is 13.0 Å². The molecule has 0 saturated carbocycles. The van der Waals surface area contributed by atoms with Crippen LogP contribution in [0.5, 0.6) is 0 Å². The van der Waals surface area contributed by atoms with Crippen molar-refractivity contribution in [3.05, 3.63) is 0 Å². The van der Waals surface area contributed by atoms with Crippen LogP contribution in [-0.2, 0) is 9.59 Å². The molecule has 0 radical (unpaired) electrons. The van der Waals surface area contributed by atoms with Crippen molar-refractivity contribution in [3.8, 4) is 0 Å². The second kappa shape index (κ2) is 6.73. The van der Waals surface area contributed by atoms with Gasteiger partial charge in [0.05, 0.1) is 0 Å². The quantitative estimate of drug-likeness (QED) is 0.674. The zero-order chi connectivity index (χ0) is 13.6. The fraction of sp³-hybridized carbons (Fsp3) is 0.846. The van der Waals surface area contributed by atoms with Crippen LogP contribution in [0.3, 0.4) is 0 Å². The average Bonchev–Trinajstić information content (AvgIpc) is 2.79. The van der Waals surface area contributed by atoms with Crippen molar-refractivity contribution in [2.45, 2.75) is 57.4 Å². The third kappa shape index (κ3) is 3.02. The molecule has 1 aliphatic heterocycles. The van der Waals surface area contributed by atoms with Crippen LogP contribution in [0.15, 0.2) is 0 Å². The molecule has 1 unspecified atom stereocenters. The summed E-state index contributed by atoms with van der Waals surface area (Å²) >= 11 is 0. The molecule has 1 atom stereocenters. The molecule has 1 amide bonds. The van der Waals surface area contributed by atoms with E-state index in [1.165, 1.54) is 0 Å². The van der Waals surface area contributed by atoms with Gasteiger partial charge in [0.15, 0.2) is 0 Å². The molecule has 0 aromatic rings. The van der Waals surface area contributed by atoms with E-state index in [2.05, 4.69) is 0 Å². The van der Waals surface area contributed by atoms with Gasteiger partial charge in [0.2, 0.25) is 5.91 Å². The number of hydrogen-bond acceptors (Lipinski definition) is 3. The van der Waals surface area contributed by atoms with Crippen molar-refractivity contribution < 1.29 is 14.7 Å². The van der Waals surface area contributed by atoms with E-state index < -0.39 is 11.5 Å². The number of carboxylic acids is 1. The summed E-state index contributed by atoms with van der Waals surface area (Å²) in [4.78, 5) is 25.1.